The highest BCUT2D eigenvalue weighted by molar-refractivity contribution is 6.25. The summed E-state index contributed by atoms with van der Waals surface area (Å²) in [7, 11) is 0. The van der Waals surface area contributed by atoms with Gasteiger partial charge in [-0.15, -0.1) is 0 Å². The van der Waals surface area contributed by atoms with Crippen LogP contribution in [0.25, 0.3) is 76.5 Å². The summed E-state index contributed by atoms with van der Waals surface area (Å²) in [5.41, 5.74) is 14.6. The molecule has 0 saturated heterocycles. The van der Waals surface area contributed by atoms with Gasteiger partial charge in [-0.25, -0.2) is 0 Å². The highest BCUT2D eigenvalue weighted by Gasteiger charge is 2.23. The standard InChI is InChI=1S/C58H40N2O2/c1-37-16-12-14-24-51(37)59(44-20-8-4-9-21-44)46-28-26-40-32-48-49-36-55-57(56(39-18-6-3-7-19-39)58(49)62-53(48)34-42(40)30-46)50-33-41-27-29-47(31-43(41)35-54(50)61-55)60(45-22-10-5-11-23-45)52-25-15-13-17-38(52)2/h3-36H,1-2H3. The summed E-state index contributed by atoms with van der Waals surface area (Å²) in [4.78, 5) is 4.66. The zero-order chi connectivity index (χ0) is 41.3. The average molecular weight is 797 g/mol. The van der Waals surface area contributed by atoms with Gasteiger partial charge in [0.05, 0.1) is 0 Å². The van der Waals surface area contributed by atoms with E-state index in [1.807, 2.05) is 0 Å². The molecule has 0 saturated carbocycles. The van der Waals surface area contributed by atoms with Crippen LogP contribution in [0.1, 0.15) is 11.1 Å². The summed E-state index contributed by atoms with van der Waals surface area (Å²) >= 11 is 0. The van der Waals surface area contributed by atoms with Gasteiger partial charge in [0, 0.05) is 61.2 Å². The largest absolute Gasteiger partial charge is 0.456 e. The normalized spacial score (nSPS) is 11.7. The lowest BCUT2D eigenvalue weighted by atomic mass is 9.95. The van der Waals surface area contributed by atoms with Crippen molar-refractivity contribution >= 4 is 99.5 Å². The van der Waals surface area contributed by atoms with Crippen molar-refractivity contribution in [2.75, 3.05) is 9.80 Å². The van der Waals surface area contributed by atoms with E-state index < -0.39 is 0 Å². The van der Waals surface area contributed by atoms with Crippen molar-refractivity contribution in [3.05, 3.63) is 217 Å². The number of anilines is 6. The maximum atomic E-state index is 7.02. The van der Waals surface area contributed by atoms with Crippen molar-refractivity contribution < 1.29 is 8.83 Å². The lowest BCUT2D eigenvalue weighted by Gasteiger charge is -2.27. The Hall–Kier alpha value is -8.08. The summed E-state index contributed by atoms with van der Waals surface area (Å²) in [5, 5.41) is 8.71. The second-order valence-corrected chi connectivity index (χ2v) is 16.2. The molecule has 2 heterocycles. The van der Waals surface area contributed by atoms with Crippen LogP contribution in [-0.4, -0.2) is 0 Å². The highest BCUT2D eigenvalue weighted by Crippen LogP contribution is 2.47. The van der Waals surface area contributed by atoms with Gasteiger partial charge in [0.15, 0.2) is 0 Å². The Bertz CT molecular complexity index is 3560. The topological polar surface area (TPSA) is 32.8 Å². The van der Waals surface area contributed by atoms with E-state index in [0.717, 1.165) is 111 Å². The number of para-hydroxylation sites is 4. The number of rotatable bonds is 7. The fourth-order valence-electron chi connectivity index (χ4n) is 9.42. The molecule has 4 heteroatoms. The molecule has 0 spiro atoms. The predicted octanol–water partition coefficient (Wildman–Crippen LogP) is 17.0. The third kappa shape index (κ3) is 5.83. The van der Waals surface area contributed by atoms with Gasteiger partial charge in [0.1, 0.15) is 22.3 Å². The smallest absolute Gasteiger partial charge is 0.144 e. The molecule has 62 heavy (non-hydrogen) atoms. The molecule has 4 nitrogen and oxygen atoms in total. The van der Waals surface area contributed by atoms with Crippen LogP contribution >= 0.6 is 0 Å². The molecule has 0 fully saturated rings. The first kappa shape index (κ1) is 35.8. The number of aryl methyl sites for hydroxylation is 2. The number of hydrogen-bond acceptors (Lipinski definition) is 4. The van der Waals surface area contributed by atoms with Gasteiger partial charge in [-0.2, -0.15) is 0 Å². The molecule has 12 aromatic rings. The number of nitrogens with zero attached hydrogens (tertiary/aromatic N) is 2. The Morgan fingerprint density at radius 1 is 0.339 bits per heavy atom. The Morgan fingerprint density at radius 3 is 1.37 bits per heavy atom. The quantitative estimate of drug-likeness (QED) is 0.161. The van der Waals surface area contributed by atoms with Gasteiger partial charge in [0.2, 0.25) is 0 Å². The summed E-state index contributed by atoms with van der Waals surface area (Å²) < 4.78 is 13.9. The van der Waals surface area contributed by atoms with Crippen molar-refractivity contribution in [1.29, 1.82) is 0 Å². The summed E-state index contributed by atoms with van der Waals surface area (Å²) in [6.45, 7) is 4.33. The van der Waals surface area contributed by atoms with E-state index in [9.17, 15) is 0 Å². The molecule has 0 aliphatic heterocycles. The van der Waals surface area contributed by atoms with Gasteiger partial charge in [-0.3, -0.25) is 0 Å². The van der Waals surface area contributed by atoms with Crippen molar-refractivity contribution in [3.63, 3.8) is 0 Å². The average Bonchev–Trinajstić information content (AvgIpc) is 3.85. The first-order chi connectivity index (χ1) is 30.6. The first-order valence-corrected chi connectivity index (χ1v) is 21.2. The molecule has 0 radical (unpaired) electrons. The Morgan fingerprint density at radius 2 is 0.823 bits per heavy atom. The van der Waals surface area contributed by atoms with Gasteiger partial charge < -0.3 is 18.6 Å². The number of fused-ring (bicyclic) bond motifs is 8. The van der Waals surface area contributed by atoms with Crippen LogP contribution in [0.4, 0.5) is 34.1 Å². The monoisotopic (exact) mass is 796 g/mol. The van der Waals surface area contributed by atoms with E-state index in [4.69, 9.17) is 8.83 Å². The minimum absolute atomic E-state index is 0.836. The van der Waals surface area contributed by atoms with Crippen molar-refractivity contribution in [2.45, 2.75) is 13.8 Å². The lowest BCUT2D eigenvalue weighted by molar-refractivity contribution is 0.665. The third-order valence-corrected chi connectivity index (χ3v) is 12.4. The van der Waals surface area contributed by atoms with Crippen molar-refractivity contribution in [2.24, 2.45) is 0 Å². The van der Waals surface area contributed by atoms with E-state index in [2.05, 4.69) is 230 Å². The molecular weight excluding hydrogens is 757 g/mol. The van der Waals surface area contributed by atoms with Crippen LogP contribution < -0.4 is 9.80 Å². The van der Waals surface area contributed by atoms with E-state index in [1.165, 1.54) is 11.1 Å². The van der Waals surface area contributed by atoms with Crippen molar-refractivity contribution in [1.82, 2.24) is 0 Å². The number of furan rings is 2. The van der Waals surface area contributed by atoms with E-state index in [-0.39, 0.29) is 0 Å². The third-order valence-electron chi connectivity index (χ3n) is 12.4. The fourth-order valence-corrected chi connectivity index (χ4v) is 9.42. The molecule has 0 atom stereocenters. The van der Waals surface area contributed by atoms with Crippen LogP contribution in [0, 0.1) is 13.8 Å². The molecule has 0 N–H and O–H groups in total. The Balaban J connectivity index is 1.04. The number of hydrogen-bond donors (Lipinski definition) is 0. The second kappa shape index (κ2) is 14.3. The zero-order valence-electron chi connectivity index (χ0n) is 34.3. The summed E-state index contributed by atoms with van der Waals surface area (Å²) in [6, 6.07) is 73.4. The highest BCUT2D eigenvalue weighted by atomic mass is 16.3. The van der Waals surface area contributed by atoms with Crippen molar-refractivity contribution in [3.8, 4) is 11.1 Å². The molecule has 10 aromatic carbocycles. The molecular formula is C58H40N2O2. The van der Waals surface area contributed by atoms with Gasteiger partial charge in [-0.1, -0.05) is 115 Å². The molecule has 294 valence electrons. The second-order valence-electron chi connectivity index (χ2n) is 16.2. The fraction of sp³-hybridized carbons (Fsp3) is 0.0345. The molecule has 0 aliphatic rings. The van der Waals surface area contributed by atoms with Crippen LogP contribution in [0.5, 0.6) is 0 Å². The minimum atomic E-state index is 0.836. The Labute approximate surface area is 359 Å². The zero-order valence-corrected chi connectivity index (χ0v) is 34.3. The molecule has 0 aliphatic carbocycles. The maximum absolute atomic E-state index is 7.02. The van der Waals surface area contributed by atoms with Crippen LogP contribution in [0.3, 0.4) is 0 Å². The number of benzene rings is 10. The van der Waals surface area contributed by atoms with Crippen LogP contribution in [-0.2, 0) is 0 Å². The SMILES string of the molecule is Cc1ccccc1N(c1ccccc1)c1ccc2cc3c(cc2c1)oc1c(-c2ccccc2)c2c(cc13)oc1cc3cc(N(c4ccccc4)c4ccccc4C)ccc3cc12. The maximum Gasteiger partial charge on any atom is 0.144 e. The van der Waals surface area contributed by atoms with E-state index in [1.54, 1.807) is 0 Å². The minimum Gasteiger partial charge on any atom is -0.456 e. The van der Waals surface area contributed by atoms with E-state index >= 15 is 0 Å². The van der Waals surface area contributed by atoms with Gasteiger partial charge in [0.25, 0.3) is 0 Å². The van der Waals surface area contributed by atoms with Gasteiger partial charge >= 0.3 is 0 Å². The predicted molar refractivity (Wildman–Crippen MR) is 260 cm³/mol. The van der Waals surface area contributed by atoms with Crippen LogP contribution in [0.15, 0.2) is 215 Å². The Kier molecular flexibility index (Phi) is 8.26. The molecule has 12 rings (SSSR count). The molecule has 0 bridgehead atoms. The van der Waals surface area contributed by atoms with E-state index in [0.29, 0.717) is 0 Å². The first-order valence-electron chi connectivity index (χ1n) is 21.2. The molecule has 2 aromatic heterocycles. The summed E-state index contributed by atoms with van der Waals surface area (Å²) in [6.07, 6.45) is 0. The van der Waals surface area contributed by atoms with Gasteiger partial charge in [-0.05, 0) is 143 Å². The summed E-state index contributed by atoms with van der Waals surface area (Å²) in [5.74, 6) is 0. The molecule has 0 unspecified atom stereocenters. The molecule has 0 amide bonds. The lowest BCUT2D eigenvalue weighted by Crippen LogP contribution is -2.11. The van der Waals surface area contributed by atoms with Crippen LogP contribution in [0.2, 0.25) is 0 Å².